The summed E-state index contributed by atoms with van der Waals surface area (Å²) in [5, 5.41) is 26.9. The maximum absolute atomic E-state index is 13.0. The second kappa shape index (κ2) is 18.3. The van der Waals surface area contributed by atoms with Gasteiger partial charge in [0, 0.05) is 40.5 Å². The number of H-pyrrole nitrogens is 1. The second-order valence-corrected chi connectivity index (χ2v) is 12.0. The summed E-state index contributed by atoms with van der Waals surface area (Å²) in [5.74, 6) is 30.7. The highest BCUT2D eigenvalue weighted by Gasteiger charge is 2.24. The zero-order chi connectivity index (χ0) is 37.3. The number of carbonyl (C=O) groups excluding carboxylic acids is 2. The minimum atomic E-state index is -1.71. The van der Waals surface area contributed by atoms with Crippen molar-refractivity contribution in [2.24, 2.45) is 5.92 Å². The monoisotopic (exact) mass is 684 g/mol. The van der Waals surface area contributed by atoms with E-state index in [0.717, 1.165) is 42.0 Å². The van der Waals surface area contributed by atoms with Gasteiger partial charge in [-0.15, -0.1) is 10.2 Å². The van der Waals surface area contributed by atoms with Gasteiger partial charge in [0.05, 0.1) is 0 Å². The highest BCUT2D eigenvalue weighted by atomic mass is 16.4. The minimum absolute atomic E-state index is 0.0152. The highest BCUT2D eigenvalue weighted by molar-refractivity contribution is 6.08. The molecule has 0 aliphatic rings. The first kappa shape index (κ1) is 37.3. The number of aromatic amines is 1. The summed E-state index contributed by atoms with van der Waals surface area (Å²) in [4.78, 5) is 37.4. The van der Waals surface area contributed by atoms with Crippen molar-refractivity contribution >= 4 is 34.8 Å². The van der Waals surface area contributed by atoms with Crippen molar-refractivity contribution in [1.29, 1.82) is 0 Å². The third-order valence-electron chi connectivity index (χ3n) is 7.08. The number of hydrogen-bond acceptors (Lipinski definition) is 5. The molecule has 2 aromatic heterocycles. The first-order chi connectivity index (χ1) is 25.0. The normalized spacial score (nSPS) is 10.1. The maximum Gasteiger partial charge on any atom is 0.328 e. The molecule has 0 saturated heterocycles. The Hall–Kier alpha value is -7.55. The molecule has 0 aliphatic heterocycles. The Kier molecular flexibility index (Phi) is 13.1. The predicted molar refractivity (Wildman–Crippen MR) is 199 cm³/mol. The molecule has 0 fully saturated rings. The van der Waals surface area contributed by atoms with E-state index in [2.05, 4.69) is 130 Å². The second-order valence-electron chi connectivity index (χ2n) is 12.0. The molecule has 10 heteroatoms. The number of nitrogens with zero attached hydrogens (tertiary/aromatic N) is 3. The van der Waals surface area contributed by atoms with Crippen molar-refractivity contribution in [3.05, 3.63) is 77.2 Å². The summed E-state index contributed by atoms with van der Waals surface area (Å²) < 4.78 is 1.94. The van der Waals surface area contributed by atoms with Crippen molar-refractivity contribution in [2.75, 3.05) is 10.6 Å². The van der Waals surface area contributed by atoms with E-state index in [4.69, 9.17) is 0 Å². The van der Waals surface area contributed by atoms with Crippen LogP contribution in [0.2, 0.25) is 0 Å². The van der Waals surface area contributed by atoms with Gasteiger partial charge in [0.1, 0.15) is 0 Å². The first-order valence-corrected chi connectivity index (χ1v) is 15.9. The van der Waals surface area contributed by atoms with E-state index < -0.39 is 23.7 Å². The number of fused-ring (bicyclic) bond motifs is 1. The molecule has 52 heavy (non-hydrogen) atoms. The Morgan fingerprint density at radius 3 is 2.04 bits per heavy atom. The average Bonchev–Trinajstić information content (AvgIpc) is 3.71. The summed E-state index contributed by atoms with van der Waals surface area (Å²) in [6.45, 7) is 8.09. The van der Waals surface area contributed by atoms with Crippen molar-refractivity contribution in [3.8, 4) is 82.9 Å². The first-order valence-electron chi connectivity index (χ1n) is 15.9. The number of rotatable bonds is 9. The van der Waals surface area contributed by atoms with Crippen LogP contribution < -0.4 is 10.6 Å². The van der Waals surface area contributed by atoms with Crippen LogP contribution in [-0.2, 0) is 27.8 Å². The van der Waals surface area contributed by atoms with E-state index >= 15 is 0 Å². The summed E-state index contributed by atoms with van der Waals surface area (Å²) in [5.41, 5.74) is 4.08. The number of aryl methyl sites for hydroxylation is 2. The van der Waals surface area contributed by atoms with Gasteiger partial charge >= 0.3 is 5.97 Å². The lowest BCUT2D eigenvalue weighted by atomic mass is 9.93. The Labute approximate surface area is 302 Å². The van der Waals surface area contributed by atoms with Crippen LogP contribution >= 0.6 is 0 Å². The van der Waals surface area contributed by atoms with Gasteiger partial charge in [0.2, 0.25) is 0 Å². The Balaban J connectivity index is 1.28. The lowest BCUT2D eigenvalue weighted by molar-refractivity contribution is -0.143. The van der Waals surface area contributed by atoms with Crippen molar-refractivity contribution in [1.82, 2.24) is 19.8 Å². The molecule has 254 valence electrons. The van der Waals surface area contributed by atoms with Gasteiger partial charge in [-0.25, -0.2) is 4.52 Å². The zero-order valence-corrected chi connectivity index (χ0v) is 28.9. The summed E-state index contributed by atoms with van der Waals surface area (Å²) in [7, 11) is 0. The fourth-order valence-corrected chi connectivity index (χ4v) is 4.46. The third kappa shape index (κ3) is 11.3. The number of nitrogens with one attached hydrogen (secondary N) is 3. The van der Waals surface area contributed by atoms with E-state index in [9.17, 15) is 19.5 Å². The molecule has 0 spiro atoms. The highest BCUT2D eigenvalue weighted by Crippen LogP contribution is 2.22. The number of aliphatic carboxylic acids is 1. The molecular formula is C42H32N6O4. The molecule has 0 aliphatic carbocycles. The molecule has 4 rings (SSSR count). The van der Waals surface area contributed by atoms with Crippen molar-refractivity contribution in [2.45, 2.75) is 52.4 Å². The number of carbonyl (C=O) groups is 3. The molecule has 2 aromatic carbocycles. The lowest BCUT2D eigenvalue weighted by Gasteiger charge is -2.15. The van der Waals surface area contributed by atoms with E-state index in [-0.39, 0.29) is 16.7 Å². The number of benzene rings is 2. The summed E-state index contributed by atoms with van der Waals surface area (Å²) >= 11 is 0. The molecule has 2 heterocycles. The number of amides is 2. The Bertz CT molecular complexity index is 2450. The van der Waals surface area contributed by atoms with Crippen LogP contribution in [0.1, 0.15) is 61.6 Å². The third-order valence-corrected chi connectivity index (χ3v) is 7.08. The quantitative estimate of drug-likeness (QED) is 0.152. The van der Waals surface area contributed by atoms with Crippen LogP contribution in [0, 0.1) is 88.8 Å². The average molecular weight is 685 g/mol. The summed E-state index contributed by atoms with van der Waals surface area (Å²) in [6.07, 6.45) is 2.43. The zero-order valence-electron chi connectivity index (χ0n) is 28.9. The smallest absolute Gasteiger partial charge is 0.328 e. The molecule has 4 N–H and O–H groups in total. The summed E-state index contributed by atoms with van der Waals surface area (Å²) in [6, 6.07) is 15.7. The fourth-order valence-electron chi connectivity index (χ4n) is 4.46. The van der Waals surface area contributed by atoms with Gasteiger partial charge in [-0.05, 0) is 127 Å². The van der Waals surface area contributed by atoms with E-state index in [1.165, 1.54) is 12.1 Å². The van der Waals surface area contributed by atoms with Gasteiger partial charge < -0.3 is 15.7 Å². The van der Waals surface area contributed by atoms with Crippen LogP contribution in [0.5, 0.6) is 0 Å². The number of carboxylic acid groups (broad SMARTS) is 1. The number of anilines is 2. The van der Waals surface area contributed by atoms with Crippen LogP contribution in [0.25, 0.3) is 5.65 Å². The topological polar surface area (TPSA) is 141 Å². The van der Waals surface area contributed by atoms with Crippen molar-refractivity contribution in [3.63, 3.8) is 0 Å². The SMILES string of the molecule is CC#CC#CC#CC#CC#CC#CC#CC(C(=O)O)C(=O)Nc1cccc(C(=O)Nc2ccc(CCCc3nnc4cc(C(C)(C)C)[nH]n34)cc2)c1. The van der Waals surface area contributed by atoms with Gasteiger partial charge in [0.25, 0.3) is 11.8 Å². The number of carboxylic acids is 1. The predicted octanol–water partition coefficient (Wildman–Crippen LogP) is 4.47. The van der Waals surface area contributed by atoms with E-state index in [1.54, 1.807) is 19.1 Å². The molecule has 1 unspecified atom stereocenters. The largest absolute Gasteiger partial charge is 0.480 e. The number of hydrogen-bond donors (Lipinski definition) is 4. The molecule has 4 aromatic rings. The fraction of sp³-hybridized carbons (Fsp3) is 0.214. The van der Waals surface area contributed by atoms with Crippen LogP contribution in [0.4, 0.5) is 11.4 Å². The molecule has 2 amide bonds. The van der Waals surface area contributed by atoms with Gasteiger partial charge in [-0.3, -0.25) is 19.5 Å². The Morgan fingerprint density at radius 1 is 0.788 bits per heavy atom. The van der Waals surface area contributed by atoms with E-state index in [0.29, 0.717) is 5.69 Å². The molecule has 0 bridgehead atoms. The van der Waals surface area contributed by atoms with Gasteiger partial charge in [0.15, 0.2) is 17.4 Å². The van der Waals surface area contributed by atoms with Crippen LogP contribution in [0.15, 0.2) is 54.6 Å². The maximum atomic E-state index is 13.0. The molecular weight excluding hydrogens is 652 g/mol. The van der Waals surface area contributed by atoms with Crippen molar-refractivity contribution < 1.29 is 19.5 Å². The van der Waals surface area contributed by atoms with Gasteiger partial charge in [-0.1, -0.05) is 50.8 Å². The lowest BCUT2D eigenvalue weighted by Crippen LogP contribution is -2.28. The van der Waals surface area contributed by atoms with Crippen LogP contribution in [0.3, 0.4) is 0 Å². The molecule has 0 radical (unpaired) electrons. The Morgan fingerprint density at radius 2 is 1.42 bits per heavy atom. The van der Waals surface area contributed by atoms with Crippen LogP contribution in [-0.4, -0.2) is 42.7 Å². The number of aromatic nitrogens is 4. The molecule has 10 nitrogen and oxygen atoms in total. The standard InChI is InChI=1S/C42H32N6O4/c1-5-6-7-8-9-10-11-12-13-14-15-16-17-23-35(41(51)52)40(50)44-34-22-19-21-32(29-34)39(49)43-33-27-25-31(26-28-33)20-18-24-37-45-46-38-30-36(42(2,3)4)47-48(37)38/h19,21-22,25-30,35,47H,18,20,24H2,1-4H3,(H,43,49)(H,44,50)(H,51,52). The van der Waals surface area contributed by atoms with E-state index in [1.807, 2.05) is 34.8 Å². The minimum Gasteiger partial charge on any atom is -0.480 e. The van der Waals surface area contributed by atoms with Gasteiger partial charge in [-0.2, -0.15) is 0 Å². The molecule has 0 saturated carbocycles. The molecule has 1 atom stereocenters.